The molecule has 2 heteroatoms. The summed E-state index contributed by atoms with van der Waals surface area (Å²) in [6.45, 7) is 5.95. The van der Waals surface area contributed by atoms with Crippen LogP contribution in [0.3, 0.4) is 0 Å². The lowest BCUT2D eigenvalue weighted by Crippen LogP contribution is -2.53. The third-order valence-electron chi connectivity index (χ3n) is 6.12. The standard InChI is InChI=1S/C18H34N2/c1-3-11-19-15-12-17-9-10-18(13-15)20(17)16-6-4-5-14(2)7-8-16/h14-19H,3-13H2,1-2H3. The second kappa shape index (κ2) is 6.79. The van der Waals surface area contributed by atoms with Crippen molar-refractivity contribution >= 4 is 0 Å². The maximum atomic E-state index is 3.79. The third-order valence-corrected chi connectivity index (χ3v) is 6.12. The second-order valence-electron chi connectivity index (χ2n) is 7.72. The molecule has 1 aliphatic carbocycles. The van der Waals surface area contributed by atoms with E-state index >= 15 is 0 Å². The van der Waals surface area contributed by atoms with E-state index in [1.807, 2.05) is 0 Å². The number of nitrogens with zero attached hydrogens (tertiary/aromatic N) is 1. The predicted octanol–water partition coefficient (Wildman–Crippen LogP) is 3.95. The van der Waals surface area contributed by atoms with Gasteiger partial charge in [0.05, 0.1) is 0 Å². The predicted molar refractivity (Wildman–Crippen MR) is 86.0 cm³/mol. The van der Waals surface area contributed by atoms with Gasteiger partial charge >= 0.3 is 0 Å². The molecule has 0 radical (unpaired) electrons. The lowest BCUT2D eigenvalue weighted by atomic mass is 9.93. The third kappa shape index (κ3) is 3.22. The van der Waals surface area contributed by atoms with Gasteiger partial charge in [0.25, 0.3) is 0 Å². The van der Waals surface area contributed by atoms with E-state index in [4.69, 9.17) is 0 Å². The van der Waals surface area contributed by atoms with Gasteiger partial charge in [-0.25, -0.2) is 0 Å². The Labute approximate surface area is 125 Å². The van der Waals surface area contributed by atoms with E-state index in [0.29, 0.717) is 0 Å². The van der Waals surface area contributed by atoms with Crippen molar-refractivity contribution in [2.45, 2.75) is 102 Å². The first-order valence-electron chi connectivity index (χ1n) is 9.28. The minimum atomic E-state index is 0.813. The van der Waals surface area contributed by atoms with Crippen LogP contribution in [-0.2, 0) is 0 Å². The lowest BCUT2D eigenvalue weighted by molar-refractivity contribution is 0.0618. The van der Waals surface area contributed by atoms with E-state index in [2.05, 4.69) is 24.1 Å². The van der Waals surface area contributed by atoms with E-state index in [1.54, 1.807) is 0 Å². The van der Waals surface area contributed by atoms with Gasteiger partial charge in [-0.2, -0.15) is 0 Å². The molecule has 2 bridgehead atoms. The monoisotopic (exact) mass is 278 g/mol. The summed E-state index contributed by atoms with van der Waals surface area (Å²) in [5.74, 6) is 0.974. The van der Waals surface area contributed by atoms with Crippen LogP contribution in [0, 0.1) is 5.92 Å². The molecule has 3 fully saturated rings. The van der Waals surface area contributed by atoms with Crippen molar-refractivity contribution in [3.63, 3.8) is 0 Å². The molecular formula is C18H34N2. The molecule has 2 aliphatic heterocycles. The highest BCUT2D eigenvalue weighted by atomic mass is 15.3. The van der Waals surface area contributed by atoms with Crippen molar-refractivity contribution in [3.05, 3.63) is 0 Å². The van der Waals surface area contributed by atoms with Gasteiger partial charge < -0.3 is 5.32 Å². The minimum absolute atomic E-state index is 0.813. The molecule has 20 heavy (non-hydrogen) atoms. The quantitative estimate of drug-likeness (QED) is 0.783. The molecule has 3 rings (SSSR count). The van der Waals surface area contributed by atoms with Crippen LogP contribution in [-0.4, -0.2) is 35.6 Å². The van der Waals surface area contributed by atoms with Crippen molar-refractivity contribution < 1.29 is 0 Å². The van der Waals surface area contributed by atoms with Crippen molar-refractivity contribution in [3.8, 4) is 0 Å². The fourth-order valence-corrected chi connectivity index (χ4v) is 5.09. The Hall–Kier alpha value is -0.0800. The topological polar surface area (TPSA) is 15.3 Å². The summed E-state index contributed by atoms with van der Waals surface area (Å²) < 4.78 is 0. The SMILES string of the molecule is CCCNC1CC2CCC(C1)N2C1CCCC(C)CC1. The van der Waals surface area contributed by atoms with E-state index in [-0.39, 0.29) is 0 Å². The van der Waals surface area contributed by atoms with Gasteiger partial charge in [0.1, 0.15) is 0 Å². The van der Waals surface area contributed by atoms with E-state index in [0.717, 1.165) is 30.1 Å². The van der Waals surface area contributed by atoms with Crippen LogP contribution >= 0.6 is 0 Å². The van der Waals surface area contributed by atoms with Crippen molar-refractivity contribution in [1.29, 1.82) is 0 Å². The fraction of sp³-hybridized carbons (Fsp3) is 1.00. The fourth-order valence-electron chi connectivity index (χ4n) is 5.09. The first kappa shape index (κ1) is 14.8. The maximum Gasteiger partial charge on any atom is 0.0116 e. The highest BCUT2D eigenvalue weighted by molar-refractivity contribution is 5.00. The normalized spacial score (nSPS) is 42.6. The van der Waals surface area contributed by atoms with E-state index < -0.39 is 0 Å². The highest BCUT2D eigenvalue weighted by Crippen LogP contribution is 2.40. The van der Waals surface area contributed by atoms with Crippen molar-refractivity contribution in [2.24, 2.45) is 5.92 Å². The summed E-state index contributed by atoms with van der Waals surface area (Å²) in [7, 11) is 0. The lowest BCUT2D eigenvalue weighted by Gasteiger charge is -2.44. The number of piperidine rings is 1. The van der Waals surface area contributed by atoms with Gasteiger partial charge in [-0.1, -0.05) is 26.7 Å². The zero-order valence-corrected chi connectivity index (χ0v) is 13.6. The van der Waals surface area contributed by atoms with Crippen LogP contribution in [0.2, 0.25) is 0 Å². The molecular weight excluding hydrogens is 244 g/mol. The smallest absolute Gasteiger partial charge is 0.0116 e. The van der Waals surface area contributed by atoms with Crippen LogP contribution < -0.4 is 5.32 Å². The van der Waals surface area contributed by atoms with Crippen LogP contribution in [0.15, 0.2) is 0 Å². The van der Waals surface area contributed by atoms with E-state index in [9.17, 15) is 0 Å². The number of fused-ring (bicyclic) bond motifs is 2. The summed E-state index contributed by atoms with van der Waals surface area (Å²) in [5, 5.41) is 3.79. The molecule has 4 atom stereocenters. The van der Waals surface area contributed by atoms with Gasteiger partial charge in [0.2, 0.25) is 0 Å². The summed E-state index contributed by atoms with van der Waals surface area (Å²) in [6.07, 6.45) is 14.4. The Morgan fingerprint density at radius 1 is 0.900 bits per heavy atom. The summed E-state index contributed by atoms with van der Waals surface area (Å²) in [6, 6.07) is 3.54. The van der Waals surface area contributed by atoms with E-state index in [1.165, 1.54) is 70.8 Å². The number of nitrogens with one attached hydrogen (secondary N) is 1. The molecule has 2 heterocycles. The van der Waals surface area contributed by atoms with Crippen molar-refractivity contribution in [1.82, 2.24) is 10.2 Å². The number of hydrogen-bond acceptors (Lipinski definition) is 2. The average molecular weight is 278 g/mol. The molecule has 2 saturated heterocycles. The second-order valence-corrected chi connectivity index (χ2v) is 7.72. The Kier molecular flexibility index (Phi) is 5.04. The molecule has 2 nitrogen and oxygen atoms in total. The first-order chi connectivity index (χ1) is 9.78. The Bertz CT molecular complexity index is 290. The average Bonchev–Trinajstić information content (AvgIpc) is 2.64. The van der Waals surface area contributed by atoms with Gasteiger partial charge in [-0.15, -0.1) is 0 Å². The molecule has 116 valence electrons. The summed E-state index contributed by atoms with van der Waals surface area (Å²) in [4.78, 5) is 2.99. The van der Waals surface area contributed by atoms with Crippen LogP contribution in [0.5, 0.6) is 0 Å². The van der Waals surface area contributed by atoms with Gasteiger partial charge in [0, 0.05) is 24.2 Å². The molecule has 0 spiro atoms. The molecule has 1 N–H and O–H groups in total. The Balaban J connectivity index is 1.59. The van der Waals surface area contributed by atoms with Gasteiger partial charge in [-0.3, -0.25) is 4.90 Å². The Morgan fingerprint density at radius 2 is 1.60 bits per heavy atom. The largest absolute Gasteiger partial charge is 0.314 e. The molecule has 3 aliphatic rings. The van der Waals surface area contributed by atoms with Gasteiger partial charge in [0.15, 0.2) is 0 Å². The molecule has 0 amide bonds. The zero-order chi connectivity index (χ0) is 13.9. The Morgan fingerprint density at radius 3 is 2.30 bits per heavy atom. The van der Waals surface area contributed by atoms with Crippen molar-refractivity contribution in [2.75, 3.05) is 6.54 Å². The van der Waals surface area contributed by atoms with Crippen LogP contribution in [0.1, 0.15) is 78.1 Å². The molecule has 0 aromatic rings. The minimum Gasteiger partial charge on any atom is -0.314 e. The number of rotatable bonds is 4. The van der Waals surface area contributed by atoms with Gasteiger partial charge in [-0.05, 0) is 63.8 Å². The van der Waals surface area contributed by atoms with Crippen LogP contribution in [0.25, 0.3) is 0 Å². The molecule has 0 aromatic heterocycles. The molecule has 4 unspecified atom stereocenters. The highest BCUT2D eigenvalue weighted by Gasteiger charge is 2.43. The summed E-state index contributed by atoms with van der Waals surface area (Å²) in [5.41, 5.74) is 0. The maximum absolute atomic E-state index is 3.79. The van der Waals surface area contributed by atoms with Crippen LogP contribution in [0.4, 0.5) is 0 Å². The molecule has 1 saturated carbocycles. The zero-order valence-electron chi connectivity index (χ0n) is 13.6. The number of hydrogen-bond donors (Lipinski definition) is 1. The summed E-state index contributed by atoms with van der Waals surface area (Å²) >= 11 is 0. The molecule has 0 aromatic carbocycles. The first-order valence-corrected chi connectivity index (χ1v) is 9.28.